The Bertz CT molecular complexity index is 1420. The van der Waals surface area contributed by atoms with Gasteiger partial charge in [-0.05, 0) is 89.9 Å². The molecular weight excluding hydrogens is 871 g/mol. The van der Waals surface area contributed by atoms with Crippen molar-refractivity contribution in [2.24, 2.45) is 0 Å². The molecule has 0 amide bonds. The number of rotatable bonds is 51. The molecule has 0 aromatic rings. The Kier molecular flexibility index (Phi) is 49.3. The molecule has 0 aliphatic rings. The van der Waals surface area contributed by atoms with E-state index in [0.717, 1.165) is 89.9 Å². The van der Waals surface area contributed by atoms with E-state index in [1.165, 1.54) is 116 Å². The molecule has 0 saturated carbocycles. The Hall–Kier alpha value is -3.49. The van der Waals surface area contributed by atoms with E-state index in [2.05, 4.69) is 98.9 Å². The average Bonchev–Trinajstić information content (AvgIpc) is 3.33. The second-order valence-electron chi connectivity index (χ2n) is 20.1. The van der Waals surface area contributed by atoms with E-state index in [0.29, 0.717) is 12.8 Å². The van der Waals surface area contributed by atoms with Crippen LogP contribution in [0.1, 0.15) is 239 Å². The van der Waals surface area contributed by atoms with Crippen molar-refractivity contribution < 1.29 is 38.2 Å². The van der Waals surface area contributed by atoms with Gasteiger partial charge < -0.3 is 28.6 Å². The minimum atomic E-state index is -1.13. The number of allylic oxidation sites excluding steroid dienone is 14. The summed E-state index contributed by atoms with van der Waals surface area (Å²) >= 11 is 0. The number of esters is 2. The zero-order valence-electron chi connectivity index (χ0n) is 45.9. The third-order valence-corrected chi connectivity index (χ3v) is 12.5. The van der Waals surface area contributed by atoms with Crippen LogP contribution in [0, 0.1) is 0 Å². The van der Waals surface area contributed by atoms with Gasteiger partial charge in [0.1, 0.15) is 12.6 Å². The fraction of sp³-hybridized carbons (Fsp3) is 0.726. The standard InChI is InChI=1S/C62H107NO7/c1-6-8-10-12-14-16-18-20-22-24-26-28-30-32-34-36-38-40-42-44-46-48-50-52-60(64)69-57-58(56-68-55-54-59(62(66)67)63(3,4)5)70-61(65)53-51-49-47-45-43-41-39-37-35-33-31-29-27-25-23-21-19-17-15-13-11-9-7-2/h8,10,14,16,20,22,26,28,32-35,38,40,58-59H,6-7,9,11-13,15,17-19,21,23-25,27,29-31,36-37,39,41-57H2,1-5H3/b10-8+,16-14+,22-20+,28-26+,34-32+,35-33+,40-38+. The van der Waals surface area contributed by atoms with Gasteiger partial charge in [0.05, 0.1) is 40.3 Å². The second-order valence-corrected chi connectivity index (χ2v) is 20.1. The molecule has 0 saturated heterocycles. The van der Waals surface area contributed by atoms with Gasteiger partial charge in [0, 0.05) is 19.3 Å². The molecule has 0 radical (unpaired) electrons. The summed E-state index contributed by atoms with van der Waals surface area (Å²) < 4.78 is 17.3. The Labute approximate surface area is 431 Å². The highest BCUT2D eigenvalue weighted by molar-refractivity contribution is 5.70. The van der Waals surface area contributed by atoms with E-state index >= 15 is 0 Å². The highest BCUT2D eigenvalue weighted by Crippen LogP contribution is 2.15. The van der Waals surface area contributed by atoms with Crippen molar-refractivity contribution in [3.63, 3.8) is 0 Å². The third-order valence-electron chi connectivity index (χ3n) is 12.5. The molecule has 2 atom stereocenters. The summed E-state index contributed by atoms with van der Waals surface area (Å²) in [5.74, 6) is -1.77. The van der Waals surface area contributed by atoms with Gasteiger partial charge in [0.2, 0.25) is 0 Å². The quantitative estimate of drug-likeness (QED) is 0.0259. The predicted octanol–water partition coefficient (Wildman–Crippen LogP) is 15.9. The van der Waals surface area contributed by atoms with Crippen molar-refractivity contribution in [2.75, 3.05) is 41.0 Å². The van der Waals surface area contributed by atoms with Crippen molar-refractivity contribution in [2.45, 2.75) is 251 Å². The molecule has 2 unspecified atom stereocenters. The first-order valence-electron chi connectivity index (χ1n) is 28.6. The Morgan fingerprint density at radius 1 is 0.443 bits per heavy atom. The molecule has 70 heavy (non-hydrogen) atoms. The average molecular weight is 979 g/mol. The number of unbranched alkanes of at least 4 members (excludes halogenated alkanes) is 23. The highest BCUT2D eigenvalue weighted by Gasteiger charge is 2.25. The molecule has 0 N–H and O–H groups in total. The number of carboxylic acid groups (broad SMARTS) is 1. The number of nitrogens with zero attached hydrogens (tertiary/aromatic N) is 1. The van der Waals surface area contributed by atoms with Crippen LogP contribution in [0.5, 0.6) is 0 Å². The molecule has 8 heteroatoms. The molecule has 0 aliphatic carbocycles. The largest absolute Gasteiger partial charge is 0.544 e. The van der Waals surface area contributed by atoms with Crippen molar-refractivity contribution in [3.8, 4) is 0 Å². The number of carboxylic acids is 1. The molecule has 8 nitrogen and oxygen atoms in total. The molecule has 0 heterocycles. The van der Waals surface area contributed by atoms with Gasteiger partial charge in [-0.3, -0.25) is 9.59 Å². The van der Waals surface area contributed by atoms with Gasteiger partial charge in [-0.15, -0.1) is 0 Å². The van der Waals surface area contributed by atoms with Crippen LogP contribution in [-0.4, -0.2) is 75.5 Å². The Balaban J connectivity index is 4.25. The van der Waals surface area contributed by atoms with Crippen molar-refractivity contribution >= 4 is 17.9 Å². The molecule has 0 aliphatic heterocycles. The van der Waals surface area contributed by atoms with E-state index in [9.17, 15) is 19.5 Å². The number of carbonyl (C=O) groups excluding carboxylic acids is 3. The molecule has 0 aromatic carbocycles. The molecule has 402 valence electrons. The van der Waals surface area contributed by atoms with Gasteiger partial charge in [-0.1, -0.05) is 214 Å². The fourth-order valence-corrected chi connectivity index (χ4v) is 8.13. The van der Waals surface area contributed by atoms with E-state index < -0.39 is 18.1 Å². The Morgan fingerprint density at radius 2 is 0.800 bits per heavy atom. The highest BCUT2D eigenvalue weighted by atomic mass is 16.6. The van der Waals surface area contributed by atoms with Crippen LogP contribution in [0.4, 0.5) is 0 Å². The summed E-state index contributed by atoms with van der Waals surface area (Å²) in [5.41, 5.74) is 0. The number of quaternary nitrogens is 1. The summed E-state index contributed by atoms with van der Waals surface area (Å²) in [7, 11) is 5.41. The van der Waals surface area contributed by atoms with E-state index in [1.807, 2.05) is 0 Å². The third kappa shape index (κ3) is 49.5. The second kappa shape index (κ2) is 51.9. The maximum Gasteiger partial charge on any atom is 0.306 e. The lowest BCUT2D eigenvalue weighted by atomic mass is 10.0. The smallest absolute Gasteiger partial charge is 0.306 e. The number of hydrogen-bond donors (Lipinski definition) is 0. The molecular formula is C62H107NO7. The summed E-state index contributed by atoms with van der Waals surface area (Å²) in [6.07, 6.45) is 69.1. The lowest BCUT2D eigenvalue weighted by Crippen LogP contribution is -2.55. The first-order valence-corrected chi connectivity index (χ1v) is 28.6. The summed E-state index contributed by atoms with van der Waals surface area (Å²) in [6, 6.07) is -0.736. The number of aliphatic carboxylic acids is 1. The van der Waals surface area contributed by atoms with Crippen LogP contribution in [0.15, 0.2) is 85.1 Å². The molecule has 0 fully saturated rings. The number of ether oxygens (including phenoxy) is 3. The normalized spacial score (nSPS) is 13.4. The fourth-order valence-electron chi connectivity index (χ4n) is 8.13. The van der Waals surface area contributed by atoms with E-state index in [4.69, 9.17) is 14.2 Å². The zero-order valence-corrected chi connectivity index (χ0v) is 45.9. The van der Waals surface area contributed by atoms with Crippen molar-refractivity contribution in [1.82, 2.24) is 0 Å². The van der Waals surface area contributed by atoms with Crippen LogP contribution in [-0.2, 0) is 28.6 Å². The van der Waals surface area contributed by atoms with Crippen LogP contribution in [0.25, 0.3) is 0 Å². The zero-order chi connectivity index (χ0) is 51.3. The van der Waals surface area contributed by atoms with Gasteiger partial charge in [0.15, 0.2) is 6.10 Å². The maximum absolute atomic E-state index is 12.8. The molecule has 0 bridgehead atoms. The van der Waals surface area contributed by atoms with Crippen molar-refractivity contribution in [3.05, 3.63) is 85.1 Å². The van der Waals surface area contributed by atoms with E-state index in [-0.39, 0.29) is 42.7 Å². The SMILES string of the molecule is CC/C=C/C/C=C/C/C=C/C/C=C/C/C=C/C/C=C/CCCCCCC(=O)OCC(COCCC(C(=O)[O-])[N+](C)(C)C)OC(=O)CCCCCCCCC/C=C/CCCCCCCCCCCCCC. The van der Waals surface area contributed by atoms with Gasteiger partial charge in [0.25, 0.3) is 0 Å². The van der Waals surface area contributed by atoms with Gasteiger partial charge >= 0.3 is 11.9 Å². The summed E-state index contributed by atoms with van der Waals surface area (Å²) in [6.45, 7) is 4.54. The summed E-state index contributed by atoms with van der Waals surface area (Å²) in [4.78, 5) is 37.2. The van der Waals surface area contributed by atoms with Crippen LogP contribution in [0.3, 0.4) is 0 Å². The first kappa shape index (κ1) is 66.5. The minimum absolute atomic E-state index is 0.0269. The molecule has 0 rings (SSSR count). The maximum atomic E-state index is 12.8. The monoisotopic (exact) mass is 978 g/mol. The number of likely N-dealkylation sites (N-methyl/N-ethyl adjacent to an activating group) is 1. The lowest BCUT2D eigenvalue weighted by Gasteiger charge is -2.34. The lowest BCUT2D eigenvalue weighted by molar-refractivity contribution is -0.889. The molecule has 0 spiro atoms. The molecule has 0 aromatic heterocycles. The first-order chi connectivity index (χ1) is 34.1. The number of hydrogen-bond acceptors (Lipinski definition) is 7. The Morgan fingerprint density at radius 3 is 1.20 bits per heavy atom. The van der Waals surface area contributed by atoms with Crippen molar-refractivity contribution in [1.29, 1.82) is 0 Å². The summed E-state index contributed by atoms with van der Waals surface area (Å²) in [5, 5.41) is 11.7. The minimum Gasteiger partial charge on any atom is -0.544 e. The van der Waals surface area contributed by atoms with Crippen LogP contribution < -0.4 is 5.11 Å². The van der Waals surface area contributed by atoms with Crippen LogP contribution >= 0.6 is 0 Å². The van der Waals surface area contributed by atoms with Gasteiger partial charge in [-0.2, -0.15) is 0 Å². The number of carbonyl (C=O) groups is 3. The van der Waals surface area contributed by atoms with Crippen LogP contribution in [0.2, 0.25) is 0 Å². The predicted molar refractivity (Wildman–Crippen MR) is 295 cm³/mol. The van der Waals surface area contributed by atoms with Gasteiger partial charge in [-0.25, -0.2) is 0 Å². The topological polar surface area (TPSA) is 102 Å². The van der Waals surface area contributed by atoms with E-state index in [1.54, 1.807) is 21.1 Å².